The van der Waals surface area contributed by atoms with Crippen molar-refractivity contribution in [3.05, 3.63) is 59.5 Å². The molecule has 0 saturated heterocycles. The lowest BCUT2D eigenvalue weighted by Crippen LogP contribution is -2.10. The van der Waals surface area contributed by atoms with Crippen molar-refractivity contribution in [3.8, 4) is 5.69 Å². The summed E-state index contributed by atoms with van der Waals surface area (Å²) in [6, 6.07) is 11.0. The van der Waals surface area contributed by atoms with Gasteiger partial charge >= 0.3 is 0 Å². The predicted molar refractivity (Wildman–Crippen MR) is 85.7 cm³/mol. The van der Waals surface area contributed by atoms with Crippen molar-refractivity contribution in [2.24, 2.45) is 0 Å². The van der Waals surface area contributed by atoms with Gasteiger partial charge in [0.15, 0.2) is 12.1 Å². The zero-order valence-corrected chi connectivity index (χ0v) is 12.6. The molecule has 116 valence electrons. The molecule has 0 aliphatic heterocycles. The number of Topliss-reactive ketones (excluding diaryl/α,β-unsaturated/α-hetero) is 1. The van der Waals surface area contributed by atoms with Crippen molar-refractivity contribution >= 4 is 23.0 Å². The lowest BCUT2D eigenvalue weighted by Gasteiger charge is -2.08. The minimum absolute atomic E-state index is 0.124. The number of para-hydroxylation sites is 1. The van der Waals surface area contributed by atoms with Crippen LogP contribution in [0.15, 0.2) is 42.5 Å². The molecule has 0 unspecified atom stereocenters. The largest absolute Gasteiger partial charge is 0.298 e. The normalized spacial score (nSPS) is 10.9. The molecule has 4 nitrogen and oxygen atoms in total. The summed E-state index contributed by atoms with van der Waals surface area (Å²) in [6.07, 6.45) is 1.73. The first-order valence-electron chi connectivity index (χ1n) is 7.41. The maximum Gasteiger partial charge on any atom is 0.181 e. The van der Waals surface area contributed by atoms with Gasteiger partial charge in [0.05, 0.1) is 11.2 Å². The number of carbonyl (C=O) groups excluding carboxylic acids is 2. The van der Waals surface area contributed by atoms with Crippen LogP contribution in [0.5, 0.6) is 0 Å². The second-order valence-electron chi connectivity index (χ2n) is 5.27. The van der Waals surface area contributed by atoms with E-state index in [2.05, 4.69) is 5.10 Å². The molecule has 0 aliphatic carbocycles. The van der Waals surface area contributed by atoms with E-state index < -0.39 is 5.82 Å². The van der Waals surface area contributed by atoms with Crippen LogP contribution in [-0.4, -0.2) is 21.8 Å². The van der Waals surface area contributed by atoms with E-state index in [-0.39, 0.29) is 5.78 Å². The van der Waals surface area contributed by atoms with Crippen LogP contribution in [0, 0.1) is 5.82 Å². The van der Waals surface area contributed by atoms with E-state index in [0.717, 1.165) is 6.29 Å². The summed E-state index contributed by atoms with van der Waals surface area (Å²) in [5.41, 5.74) is 1.77. The van der Waals surface area contributed by atoms with Crippen molar-refractivity contribution < 1.29 is 14.0 Å². The van der Waals surface area contributed by atoms with Crippen molar-refractivity contribution in [1.29, 1.82) is 0 Å². The first kappa shape index (κ1) is 15.1. The SMILES string of the molecule is CCCC(=O)c1c2cc(F)ccc2nn1-c1ccccc1C=O. The highest BCUT2D eigenvalue weighted by molar-refractivity contribution is 6.07. The molecule has 1 aromatic heterocycles. The van der Waals surface area contributed by atoms with Gasteiger partial charge in [-0.2, -0.15) is 5.10 Å². The third-order valence-electron chi connectivity index (χ3n) is 3.67. The van der Waals surface area contributed by atoms with Crippen LogP contribution in [0.2, 0.25) is 0 Å². The monoisotopic (exact) mass is 310 g/mol. The fraction of sp³-hybridized carbons (Fsp3) is 0.167. The van der Waals surface area contributed by atoms with E-state index in [1.54, 1.807) is 24.3 Å². The summed E-state index contributed by atoms with van der Waals surface area (Å²) in [6.45, 7) is 1.90. The number of halogens is 1. The van der Waals surface area contributed by atoms with Gasteiger partial charge in [-0.3, -0.25) is 9.59 Å². The molecule has 2 aromatic carbocycles. The quantitative estimate of drug-likeness (QED) is 0.529. The molecule has 0 amide bonds. The minimum Gasteiger partial charge on any atom is -0.298 e. The topological polar surface area (TPSA) is 52.0 Å². The second kappa shape index (κ2) is 6.12. The average molecular weight is 310 g/mol. The van der Waals surface area contributed by atoms with Gasteiger partial charge in [-0.25, -0.2) is 9.07 Å². The van der Waals surface area contributed by atoms with E-state index in [1.807, 2.05) is 6.92 Å². The number of ketones is 1. The molecule has 0 radical (unpaired) electrons. The number of nitrogens with zero attached hydrogens (tertiary/aromatic N) is 2. The van der Waals surface area contributed by atoms with E-state index in [4.69, 9.17) is 0 Å². The molecule has 0 spiro atoms. The van der Waals surface area contributed by atoms with Gasteiger partial charge < -0.3 is 0 Å². The van der Waals surface area contributed by atoms with Crippen LogP contribution in [0.4, 0.5) is 4.39 Å². The van der Waals surface area contributed by atoms with Crippen LogP contribution >= 0.6 is 0 Å². The fourth-order valence-corrected chi connectivity index (χ4v) is 2.63. The number of carbonyl (C=O) groups is 2. The molecule has 3 rings (SSSR count). The predicted octanol–water partition coefficient (Wildman–Crippen LogP) is 3.96. The minimum atomic E-state index is -0.425. The molecule has 23 heavy (non-hydrogen) atoms. The summed E-state index contributed by atoms with van der Waals surface area (Å²) in [5.74, 6) is -0.549. The number of aldehydes is 1. The molecule has 0 bridgehead atoms. The molecule has 0 atom stereocenters. The number of hydrogen-bond donors (Lipinski definition) is 0. The van der Waals surface area contributed by atoms with E-state index in [1.165, 1.54) is 22.9 Å². The summed E-state index contributed by atoms with van der Waals surface area (Å²) >= 11 is 0. The van der Waals surface area contributed by atoms with E-state index >= 15 is 0 Å². The second-order valence-corrected chi connectivity index (χ2v) is 5.27. The third kappa shape index (κ3) is 2.65. The molecular weight excluding hydrogens is 295 g/mol. The van der Waals surface area contributed by atoms with Crippen LogP contribution in [0.1, 0.15) is 40.6 Å². The first-order chi connectivity index (χ1) is 11.2. The molecule has 1 heterocycles. The van der Waals surface area contributed by atoms with Gasteiger partial charge in [0, 0.05) is 17.4 Å². The maximum absolute atomic E-state index is 13.6. The Hall–Kier alpha value is -2.82. The number of aromatic nitrogens is 2. The fourth-order valence-electron chi connectivity index (χ4n) is 2.63. The highest BCUT2D eigenvalue weighted by atomic mass is 19.1. The van der Waals surface area contributed by atoms with Crippen LogP contribution in [0.25, 0.3) is 16.6 Å². The molecule has 0 aliphatic rings. The lowest BCUT2D eigenvalue weighted by atomic mass is 10.1. The summed E-state index contributed by atoms with van der Waals surface area (Å²) in [5, 5.41) is 4.87. The van der Waals surface area contributed by atoms with Crippen molar-refractivity contribution in [3.63, 3.8) is 0 Å². The van der Waals surface area contributed by atoms with Crippen molar-refractivity contribution in [2.45, 2.75) is 19.8 Å². The highest BCUT2D eigenvalue weighted by Gasteiger charge is 2.20. The van der Waals surface area contributed by atoms with E-state index in [9.17, 15) is 14.0 Å². The molecular formula is C18H15FN2O2. The molecule has 0 saturated carbocycles. The van der Waals surface area contributed by atoms with Gasteiger partial charge in [-0.15, -0.1) is 0 Å². The number of fused-ring (bicyclic) bond motifs is 1. The standard InChI is InChI=1S/C18H15FN2O2/c1-2-5-17(23)18-14-10-13(19)8-9-15(14)20-21(18)16-7-4-3-6-12(16)11-22/h3-4,6-11H,2,5H2,1H3. The molecule has 0 fully saturated rings. The van der Waals surface area contributed by atoms with Gasteiger partial charge in [-0.1, -0.05) is 19.1 Å². The molecule has 5 heteroatoms. The number of benzene rings is 2. The number of hydrogen-bond acceptors (Lipinski definition) is 3. The Morgan fingerprint density at radius 1 is 1.26 bits per heavy atom. The Bertz CT molecular complexity index is 899. The Morgan fingerprint density at radius 2 is 2.04 bits per heavy atom. The zero-order valence-electron chi connectivity index (χ0n) is 12.6. The van der Waals surface area contributed by atoms with Crippen LogP contribution in [-0.2, 0) is 0 Å². The van der Waals surface area contributed by atoms with E-state index in [0.29, 0.717) is 40.7 Å². The highest BCUT2D eigenvalue weighted by Crippen LogP contribution is 2.25. The van der Waals surface area contributed by atoms with Crippen LogP contribution < -0.4 is 0 Å². The van der Waals surface area contributed by atoms with Crippen LogP contribution in [0.3, 0.4) is 0 Å². The van der Waals surface area contributed by atoms with Crippen molar-refractivity contribution in [2.75, 3.05) is 0 Å². The Balaban J connectivity index is 2.33. The third-order valence-corrected chi connectivity index (χ3v) is 3.67. The van der Waals surface area contributed by atoms with Crippen molar-refractivity contribution in [1.82, 2.24) is 9.78 Å². The summed E-state index contributed by atoms with van der Waals surface area (Å²) in [4.78, 5) is 23.8. The molecule has 3 aromatic rings. The smallest absolute Gasteiger partial charge is 0.181 e. The van der Waals surface area contributed by atoms with Gasteiger partial charge in [-0.05, 0) is 36.8 Å². The first-order valence-corrected chi connectivity index (χ1v) is 7.41. The summed E-state index contributed by atoms with van der Waals surface area (Å²) < 4.78 is 15.1. The Morgan fingerprint density at radius 3 is 2.78 bits per heavy atom. The maximum atomic E-state index is 13.6. The molecule has 0 N–H and O–H groups in total. The average Bonchev–Trinajstić information content (AvgIpc) is 2.93. The van der Waals surface area contributed by atoms with Gasteiger partial charge in [0.2, 0.25) is 0 Å². The van der Waals surface area contributed by atoms with Gasteiger partial charge in [0.1, 0.15) is 11.5 Å². The zero-order chi connectivity index (χ0) is 16.4. The lowest BCUT2D eigenvalue weighted by molar-refractivity contribution is 0.0975. The Labute approximate surface area is 132 Å². The Kier molecular flexibility index (Phi) is 4.02. The van der Waals surface area contributed by atoms with Gasteiger partial charge in [0.25, 0.3) is 0 Å². The summed E-state index contributed by atoms with van der Waals surface area (Å²) in [7, 11) is 0. The number of rotatable bonds is 5.